The molecule has 3 aromatic carbocycles. The van der Waals surface area contributed by atoms with Crippen LogP contribution in [-0.2, 0) is 11.2 Å². The number of fused-ring (bicyclic) bond motifs is 1. The van der Waals surface area contributed by atoms with Crippen LogP contribution in [0.3, 0.4) is 0 Å². The Morgan fingerprint density at radius 1 is 1.00 bits per heavy atom. The van der Waals surface area contributed by atoms with E-state index < -0.39 is 0 Å². The molecule has 28 heavy (non-hydrogen) atoms. The van der Waals surface area contributed by atoms with E-state index in [0.717, 1.165) is 27.9 Å². The third-order valence-corrected chi connectivity index (χ3v) is 4.54. The first-order chi connectivity index (χ1) is 13.6. The summed E-state index contributed by atoms with van der Waals surface area (Å²) in [4.78, 5) is 15.7. The van der Waals surface area contributed by atoms with E-state index in [2.05, 4.69) is 10.3 Å². The van der Waals surface area contributed by atoms with Crippen LogP contribution >= 0.6 is 0 Å². The summed E-state index contributed by atoms with van der Waals surface area (Å²) in [6.07, 6.45) is 0.164. The molecule has 2 N–H and O–H groups in total. The van der Waals surface area contributed by atoms with Crippen LogP contribution in [0.5, 0.6) is 11.5 Å². The van der Waals surface area contributed by atoms with Crippen LogP contribution in [0, 0.1) is 12.7 Å². The standard InChI is InChI=1S/C23H19FN2O2/c1-15-20(21-13-16(24)7-12-22(21)25-15)14-23(27)26-17-8-10-19(11-9-17)28-18-5-3-2-4-6-18/h2-13,25H,14H2,1H3,(H,26,27). The Morgan fingerprint density at radius 2 is 1.71 bits per heavy atom. The monoisotopic (exact) mass is 374 g/mol. The van der Waals surface area contributed by atoms with Crippen LogP contribution in [0.15, 0.2) is 72.8 Å². The molecule has 5 heteroatoms. The Bertz CT molecular complexity index is 1120. The number of hydrogen-bond acceptors (Lipinski definition) is 2. The minimum absolute atomic E-state index is 0.162. The molecule has 4 nitrogen and oxygen atoms in total. The molecule has 0 radical (unpaired) electrons. The number of ether oxygens (including phenoxy) is 1. The van der Waals surface area contributed by atoms with Gasteiger partial charge in [-0.15, -0.1) is 0 Å². The Balaban J connectivity index is 1.44. The fourth-order valence-electron chi connectivity index (χ4n) is 3.18. The number of H-pyrrole nitrogens is 1. The lowest BCUT2D eigenvalue weighted by Gasteiger charge is -2.08. The van der Waals surface area contributed by atoms with E-state index in [0.29, 0.717) is 11.4 Å². The first-order valence-electron chi connectivity index (χ1n) is 8.98. The number of carbonyl (C=O) groups excluding carboxylic acids is 1. The molecule has 0 bridgehead atoms. The highest BCUT2D eigenvalue weighted by Crippen LogP contribution is 2.25. The van der Waals surface area contributed by atoms with Gasteiger partial charge in [0.05, 0.1) is 6.42 Å². The van der Waals surface area contributed by atoms with Crippen LogP contribution in [0.1, 0.15) is 11.3 Å². The number of hydrogen-bond donors (Lipinski definition) is 2. The Hall–Kier alpha value is -3.60. The van der Waals surface area contributed by atoms with Gasteiger partial charge in [0.15, 0.2) is 0 Å². The number of rotatable bonds is 5. The minimum Gasteiger partial charge on any atom is -0.457 e. The van der Waals surface area contributed by atoms with Gasteiger partial charge in [-0.3, -0.25) is 4.79 Å². The smallest absolute Gasteiger partial charge is 0.228 e. The summed E-state index contributed by atoms with van der Waals surface area (Å²) in [7, 11) is 0. The lowest BCUT2D eigenvalue weighted by atomic mass is 10.1. The van der Waals surface area contributed by atoms with Gasteiger partial charge >= 0.3 is 0 Å². The number of carbonyl (C=O) groups is 1. The topological polar surface area (TPSA) is 54.1 Å². The van der Waals surface area contributed by atoms with Gasteiger partial charge in [0.25, 0.3) is 0 Å². The molecule has 0 aliphatic rings. The summed E-state index contributed by atoms with van der Waals surface area (Å²) in [5.74, 6) is 0.959. The van der Waals surface area contributed by atoms with E-state index in [1.54, 1.807) is 30.3 Å². The molecule has 0 saturated carbocycles. The minimum atomic E-state index is -0.317. The summed E-state index contributed by atoms with van der Waals surface area (Å²) in [5, 5.41) is 3.61. The second-order valence-corrected chi connectivity index (χ2v) is 6.58. The van der Waals surface area contributed by atoms with E-state index in [1.807, 2.05) is 37.3 Å². The summed E-state index contributed by atoms with van der Waals surface area (Å²) in [6, 6.07) is 21.2. The molecular formula is C23H19FN2O2. The number of aromatic amines is 1. The Morgan fingerprint density at radius 3 is 2.46 bits per heavy atom. The lowest BCUT2D eigenvalue weighted by Crippen LogP contribution is -2.14. The number of para-hydroxylation sites is 1. The number of anilines is 1. The van der Waals surface area contributed by atoms with E-state index >= 15 is 0 Å². The number of amides is 1. The molecule has 0 atom stereocenters. The van der Waals surface area contributed by atoms with Crippen molar-refractivity contribution in [2.24, 2.45) is 0 Å². The highest BCUT2D eigenvalue weighted by atomic mass is 19.1. The second-order valence-electron chi connectivity index (χ2n) is 6.58. The van der Waals surface area contributed by atoms with Crippen LogP contribution in [0.4, 0.5) is 10.1 Å². The molecule has 0 saturated heterocycles. The van der Waals surface area contributed by atoms with Gasteiger partial charge in [0.2, 0.25) is 5.91 Å². The van der Waals surface area contributed by atoms with Crippen molar-refractivity contribution in [1.82, 2.24) is 4.98 Å². The quantitative estimate of drug-likeness (QED) is 0.478. The lowest BCUT2D eigenvalue weighted by molar-refractivity contribution is -0.115. The van der Waals surface area contributed by atoms with Crippen molar-refractivity contribution in [2.45, 2.75) is 13.3 Å². The van der Waals surface area contributed by atoms with E-state index in [-0.39, 0.29) is 18.1 Å². The van der Waals surface area contributed by atoms with Crippen molar-refractivity contribution < 1.29 is 13.9 Å². The van der Waals surface area contributed by atoms with Crippen molar-refractivity contribution in [3.8, 4) is 11.5 Å². The molecule has 4 rings (SSSR count). The molecule has 0 unspecified atom stereocenters. The van der Waals surface area contributed by atoms with Crippen molar-refractivity contribution in [3.05, 3.63) is 89.9 Å². The zero-order valence-electron chi connectivity index (χ0n) is 15.3. The highest BCUT2D eigenvalue weighted by molar-refractivity contribution is 5.96. The molecule has 1 heterocycles. The number of halogens is 1. The van der Waals surface area contributed by atoms with Crippen molar-refractivity contribution >= 4 is 22.5 Å². The predicted molar refractivity (Wildman–Crippen MR) is 108 cm³/mol. The normalized spacial score (nSPS) is 10.8. The molecule has 0 aliphatic heterocycles. The fraction of sp³-hybridized carbons (Fsp3) is 0.0870. The van der Waals surface area contributed by atoms with Crippen LogP contribution in [0.25, 0.3) is 10.9 Å². The number of nitrogens with one attached hydrogen (secondary N) is 2. The summed E-state index contributed by atoms with van der Waals surface area (Å²) >= 11 is 0. The molecule has 1 amide bonds. The molecule has 140 valence electrons. The van der Waals surface area contributed by atoms with Crippen molar-refractivity contribution in [2.75, 3.05) is 5.32 Å². The molecule has 0 spiro atoms. The fourth-order valence-corrected chi connectivity index (χ4v) is 3.18. The number of benzene rings is 3. The SMILES string of the molecule is Cc1[nH]c2ccc(F)cc2c1CC(=O)Nc1ccc(Oc2ccccc2)cc1. The molecule has 0 fully saturated rings. The summed E-state index contributed by atoms with van der Waals surface area (Å²) in [6.45, 7) is 1.89. The molecule has 4 aromatic rings. The summed E-state index contributed by atoms with van der Waals surface area (Å²) in [5.41, 5.74) is 3.16. The van der Waals surface area contributed by atoms with Gasteiger partial charge in [0, 0.05) is 22.3 Å². The van der Waals surface area contributed by atoms with E-state index in [4.69, 9.17) is 4.74 Å². The largest absolute Gasteiger partial charge is 0.457 e. The molecule has 1 aromatic heterocycles. The number of aryl methyl sites for hydroxylation is 1. The van der Waals surface area contributed by atoms with E-state index in [1.165, 1.54) is 12.1 Å². The zero-order valence-corrected chi connectivity index (χ0v) is 15.3. The Labute approximate surface area is 162 Å². The highest BCUT2D eigenvalue weighted by Gasteiger charge is 2.13. The third-order valence-electron chi connectivity index (χ3n) is 4.54. The first kappa shape index (κ1) is 17.8. The van der Waals surface area contributed by atoms with Crippen molar-refractivity contribution in [1.29, 1.82) is 0 Å². The van der Waals surface area contributed by atoms with Crippen LogP contribution in [-0.4, -0.2) is 10.9 Å². The van der Waals surface area contributed by atoms with Gasteiger partial charge in [-0.05, 0) is 67.1 Å². The third kappa shape index (κ3) is 3.88. The maximum Gasteiger partial charge on any atom is 0.228 e. The predicted octanol–water partition coefficient (Wildman–Crippen LogP) is 5.59. The summed E-state index contributed by atoms with van der Waals surface area (Å²) < 4.78 is 19.3. The van der Waals surface area contributed by atoms with Crippen LogP contribution in [0.2, 0.25) is 0 Å². The molecule has 0 aliphatic carbocycles. The van der Waals surface area contributed by atoms with Gasteiger partial charge < -0.3 is 15.0 Å². The average Bonchev–Trinajstić information content (AvgIpc) is 2.99. The number of aromatic nitrogens is 1. The van der Waals surface area contributed by atoms with Gasteiger partial charge in [-0.1, -0.05) is 18.2 Å². The van der Waals surface area contributed by atoms with Gasteiger partial charge in [-0.25, -0.2) is 4.39 Å². The van der Waals surface area contributed by atoms with Gasteiger partial charge in [-0.2, -0.15) is 0 Å². The maximum atomic E-state index is 13.6. The molecular weight excluding hydrogens is 355 g/mol. The second kappa shape index (κ2) is 7.56. The maximum absolute atomic E-state index is 13.6. The van der Waals surface area contributed by atoms with Gasteiger partial charge in [0.1, 0.15) is 17.3 Å². The Kier molecular flexibility index (Phi) is 4.81. The van der Waals surface area contributed by atoms with Crippen LogP contribution < -0.4 is 10.1 Å². The van der Waals surface area contributed by atoms with E-state index in [9.17, 15) is 9.18 Å². The zero-order chi connectivity index (χ0) is 19.5. The van der Waals surface area contributed by atoms with Crippen molar-refractivity contribution in [3.63, 3.8) is 0 Å². The first-order valence-corrected chi connectivity index (χ1v) is 8.98. The average molecular weight is 374 g/mol.